The number of rotatable bonds is 6. The van der Waals surface area contributed by atoms with E-state index in [9.17, 15) is 0 Å². The monoisotopic (exact) mass is 269 g/mol. The summed E-state index contributed by atoms with van der Waals surface area (Å²) < 4.78 is 5.36. The van der Waals surface area contributed by atoms with E-state index in [0.717, 1.165) is 18.0 Å². The van der Waals surface area contributed by atoms with Crippen molar-refractivity contribution in [3.8, 4) is 5.75 Å². The molecule has 0 aromatic heterocycles. The molecule has 0 spiro atoms. The summed E-state index contributed by atoms with van der Waals surface area (Å²) >= 11 is 0. The lowest BCUT2D eigenvalue weighted by atomic mass is 9.98. The number of para-hydroxylation sites is 1. The maximum atomic E-state index is 5.36. The van der Waals surface area contributed by atoms with Crippen molar-refractivity contribution in [2.45, 2.75) is 32.7 Å². The third-order valence-electron chi connectivity index (χ3n) is 3.77. The third kappa shape index (κ3) is 3.53. The number of hydrogen-bond donors (Lipinski definition) is 1. The molecule has 20 heavy (non-hydrogen) atoms. The SMILES string of the molecule is CCC(C)c1ccc(NCc2ccccc2OC)cc1. The van der Waals surface area contributed by atoms with Crippen LogP contribution < -0.4 is 10.1 Å². The highest BCUT2D eigenvalue weighted by atomic mass is 16.5. The molecule has 1 N–H and O–H groups in total. The third-order valence-corrected chi connectivity index (χ3v) is 3.77. The fourth-order valence-electron chi connectivity index (χ4n) is 2.21. The minimum Gasteiger partial charge on any atom is -0.496 e. The molecule has 2 heteroatoms. The van der Waals surface area contributed by atoms with Crippen LogP contribution in [0.1, 0.15) is 37.3 Å². The second kappa shape index (κ2) is 6.99. The Hall–Kier alpha value is -1.96. The molecule has 2 aromatic carbocycles. The predicted molar refractivity (Wildman–Crippen MR) is 85.5 cm³/mol. The Balaban J connectivity index is 2.00. The van der Waals surface area contributed by atoms with Crippen molar-refractivity contribution in [1.29, 1.82) is 0 Å². The van der Waals surface area contributed by atoms with Gasteiger partial charge in [0, 0.05) is 17.8 Å². The van der Waals surface area contributed by atoms with Crippen LogP contribution in [-0.4, -0.2) is 7.11 Å². The van der Waals surface area contributed by atoms with Gasteiger partial charge < -0.3 is 10.1 Å². The lowest BCUT2D eigenvalue weighted by Crippen LogP contribution is -2.01. The molecule has 0 aliphatic rings. The van der Waals surface area contributed by atoms with Crippen molar-refractivity contribution in [1.82, 2.24) is 0 Å². The molecule has 0 heterocycles. The quantitative estimate of drug-likeness (QED) is 0.811. The average Bonchev–Trinajstić information content (AvgIpc) is 2.53. The molecular formula is C18H23NO. The van der Waals surface area contributed by atoms with Gasteiger partial charge in [-0.05, 0) is 36.1 Å². The molecule has 0 aliphatic heterocycles. The largest absolute Gasteiger partial charge is 0.496 e. The van der Waals surface area contributed by atoms with Crippen LogP contribution >= 0.6 is 0 Å². The zero-order valence-electron chi connectivity index (χ0n) is 12.5. The van der Waals surface area contributed by atoms with E-state index >= 15 is 0 Å². The van der Waals surface area contributed by atoms with Gasteiger partial charge in [-0.3, -0.25) is 0 Å². The summed E-state index contributed by atoms with van der Waals surface area (Å²) in [6.45, 7) is 5.25. The van der Waals surface area contributed by atoms with E-state index in [2.05, 4.69) is 49.5 Å². The van der Waals surface area contributed by atoms with Gasteiger partial charge in [-0.2, -0.15) is 0 Å². The van der Waals surface area contributed by atoms with Crippen LogP contribution in [0.4, 0.5) is 5.69 Å². The van der Waals surface area contributed by atoms with Crippen molar-refractivity contribution in [3.63, 3.8) is 0 Å². The number of methoxy groups -OCH3 is 1. The molecular weight excluding hydrogens is 246 g/mol. The van der Waals surface area contributed by atoms with E-state index in [1.54, 1.807) is 7.11 Å². The first-order valence-electron chi connectivity index (χ1n) is 7.20. The maximum Gasteiger partial charge on any atom is 0.123 e. The molecule has 2 rings (SSSR count). The van der Waals surface area contributed by atoms with Crippen LogP contribution in [0, 0.1) is 0 Å². The molecule has 1 unspecified atom stereocenters. The number of benzene rings is 2. The molecule has 1 atom stereocenters. The first-order valence-corrected chi connectivity index (χ1v) is 7.20. The van der Waals surface area contributed by atoms with Crippen LogP contribution in [0.25, 0.3) is 0 Å². The number of anilines is 1. The average molecular weight is 269 g/mol. The minimum atomic E-state index is 0.623. The predicted octanol–water partition coefficient (Wildman–Crippen LogP) is 4.82. The van der Waals surface area contributed by atoms with Gasteiger partial charge in [-0.1, -0.05) is 44.2 Å². The lowest BCUT2D eigenvalue weighted by Gasteiger charge is -2.12. The van der Waals surface area contributed by atoms with Crippen molar-refractivity contribution < 1.29 is 4.74 Å². The molecule has 0 radical (unpaired) electrons. The Morgan fingerprint density at radius 2 is 1.75 bits per heavy atom. The van der Waals surface area contributed by atoms with Gasteiger partial charge in [-0.15, -0.1) is 0 Å². The first-order chi connectivity index (χ1) is 9.74. The summed E-state index contributed by atoms with van der Waals surface area (Å²) in [5.74, 6) is 1.55. The topological polar surface area (TPSA) is 21.3 Å². The first kappa shape index (κ1) is 14.4. The van der Waals surface area contributed by atoms with Gasteiger partial charge in [0.1, 0.15) is 5.75 Å². The normalized spacial score (nSPS) is 11.9. The van der Waals surface area contributed by atoms with E-state index in [0.29, 0.717) is 5.92 Å². The Morgan fingerprint density at radius 3 is 2.40 bits per heavy atom. The van der Waals surface area contributed by atoms with Gasteiger partial charge in [0.05, 0.1) is 7.11 Å². The minimum absolute atomic E-state index is 0.623. The smallest absolute Gasteiger partial charge is 0.123 e. The maximum absolute atomic E-state index is 5.36. The molecule has 0 fully saturated rings. The summed E-state index contributed by atoms with van der Waals surface area (Å²) in [5.41, 5.74) is 3.71. The Kier molecular flexibility index (Phi) is 5.05. The van der Waals surface area contributed by atoms with Crippen molar-refractivity contribution in [3.05, 3.63) is 59.7 Å². The lowest BCUT2D eigenvalue weighted by molar-refractivity contribution is 0.410. The van der Waals surface area contributed by atoms with Crippen LogP contribution in [-0.2, 0) is 6.54 Å². The molecule has 0 saturated carbocycles. The molecule has 2 aromatic rings. The van der Waals surface area contributed by atoms with Gasteiger partial charge in [-0.25, -0.2) is 0 Å². The second-order valence-corrected chi connectivity index (χ2v) is 5.10. The van der Waals surface area contributed by atoms with Crippen LogP contribution in [0.5, 0.6) is 5.75 Å². The summed E-state index contributed by atoms with van der Waals surface area (Å²) in [4.78, 5) is 0. The van der Waals surface area contributed by atoms with E-state index < -0.39 is 0 Å². The zero-order chi connectivity index (χ0) is 14.4. The highest BCUT2D eigenvalue weighted by Gasteiger charge is 2.03. The van der Waals surface area contributed by atoms with Crippen LogP contribution in [0.3, 0.4) is 0 Å². The highest BCUT2D eigenvalue weighted by Crippen LogP contribution is 2.22. The van der Waals surface area contributed by atoms with Gasteiger partial charge >= 0.3 is 0 Å². The summed E-state index contributed by atoms with van der Waals surface area (Å²) in [6, 6.07) is 16.8. The Labute approximate surface area is 121 Å². The Morgan fingerprint density at radius 1 is 1.05 bits per heavy atom. The van der Waals surface area contributed by atoms with Gasteiger partial charge in [0.25, 0.3) is 0 Å². The number of ether oxygens (including phenoxy) is 1. The van der Waals surface area contributed by atoms with Crippen LogP contribution in [0.2, 0.25) is 0 Å². The van der Waals surface area contributed by atoms with Crippen LogP contribution in [0.15, 0.2) is 48.5 Å². The van der Waals surface area contributed by atoms with Crippen molar-refractivity contribution in [2.24, 2.45) is 0 Å². The molecule has 106 valence electrons. The van der Waals surface area contributed by atoms with Gasteiger partial charge in [0.2, 0.25) is 0 Å². The number of hydrogen-bond acceptors (Lipinski definition) is 2. The van der Waals surface area contributed by atoms with E-state index in [1.165, 1.54) is 17.5 Å². The molecule has 0 aliphatic carbocycles. The molecule has 2 nitrogen and oxygen atoms in total. The summed E-state index contributed by atoms with van der Waals surface area (Å²) in [7, 11) is 1.71. The van der Waals surface area contributed by atoms with Crippen molar-refractivity contribution >= 4 is 5.69 Å². The molecule has 0 amide bonds. The van der Waals surface area contributed by atoms with Crippen molar-refractivity contribution in [2.75, 3.05) is 12.4 Å². The van der Waals surface area contributed by atoms with E-state index in [4.69, 9.17) is 4.74 Å². The number of nitrogens with one attached hydrogen (secondary N) is 1. The van der Waals surface area contributed by atoms with E-state index in [1.807, 2.05) is 18.2 Å². The highest BCUT2D eigenvalue weighted by molar-refractivity contribution is 5.47. The molecule has 0 saturated heterocycles. The fourth-order valence-corrected chi connectivity index (χ4v) is 2.21. The Bertz CT molecular complexity index is 533. The van der Waals surface area contributed by atoms with Gasteiger partial charge in [0.15, 0.2) is 0 Å². The summed E-state index contributed by atoms with van der Waals surface area (Å²) in [5, 5.41) is 3.44. The zero-order valence-corrected chi connectivity index (χ0v) is 12.5. The summed E-state index contributed by atoms with van der Waals surface area (Å²) in [6.07, 6.45) is 1.17. The second-order valence-electron chi connectivity index (χ2n) is 5.10. The fraction of sp³-hybridized carbons (Fsp3) is 0.333. The standard InChI is InChI=1S/C18H23NO/c1-4-14(2)15-9-11-17(12-10-15)19-13-16-7-5-6-8-18(16)20-3/h5-12,14,19H,4,13H2,1-3H3. The molecule has 0 bridgehead atoms. The van der Waals surface area contributed by atoms with E-state index in [-0.39, 0.29) is 0 Å².